The Balaban J connectivity index is 2.02. The Morgan fingerprint density at radius 1 is 1.00 bits per heavy atom. The summed E-state index contributed by atoms with van der Waals surface area (Å²) in [6.45, 7) is 7.25. The Hall–Kier alpha value is -2.27. The molecule has 0 aliphatic carbocycles. The normalized spacial score (nSPS) is 11.7. The Kier molecular flexibility index (Phi) is 10.5. The number of amides is 2. The second kappa shape index (κ2) is 13.1. The van der Waals surface area contributed by atoms with Crippen molar-refractivity contribution in [3.05, 3.63) is 71.3 Å². The van der Waals surface area contributed by atoms with Gasteiger partial charge in [0.1, 0.15) is 6.04 Å². The molecule has 0 aliphatic heterocycles. The minimum Gasteiger partial charge on any atom is -0.354 e. The Morgan fingerprint density at radius 3 is 2.33 bits per heavy atom. The molecule has 4 nitrogen and oxygen atoms in total. The van der Waals surface area contributed by atoms with Crippen LogP contribution in [-0.4, -0.2) is 41.6 Å². The topological polar surface area (TPSA) is 49.4 Å². The van der Waals surface area contributed by atoms with Crippen LogP contribution in [0.25, 0.3) is 0 Å². The molecule has 0 aromatic heterocycles. The molecule has 1 unspecified atom stereocenters. The van der Waals surface area contributed by atoms with E-state index in [1.807, 2.05) is 32.0 Å². The van der Waals surface area contributed by atoms with Crippen molar-refractivity contribution in [2.24, 2.45) is 0 Å². The summed E-state index contributed by atoms with van der Waals surface area (Å²) in [4.78, 5) is 27.6. The first-order chi connectivity index (χ1) is 14.5. The van der Waals surface area contributed by atoms with Crippen LogP contribution in [-0.2, 0) is 21.8 Å². The molecule has 5 heteroatoms. The molecule has 0 saturated heterocycles. The number of carbonyl (C=O) groups is 2. The van der Waals surface area contributed by atoms with Gasteiger partial charge < -0.3 is 10.2 Å². The maximum absolute atomic E-state index is 13.1. The van der Waals surface area contributed by atoms with Crippen molar-refractivity contribution in [2.75, 3.05) is 18.8 Å². The minimum absolute atomic E-state index is 0.0292. The third kappa shape index (κ3) is 7.86. The summed E-state index contributed by atoms with van der Waals surface area (Å²) < 4.78 is 0. The molecule has 2 amide bonds. The first-order valence-electron chi connectivity index (χ1n) is 10.8. The van der Waals surface area contributed by atoms with Crippen LogP contribution in [0.3, 0.4) is 0 Å². The van der Waals surface area contributed by atoms with Crippen LogP contribution in [0.15, 0.2) is 54.6 Å². The van der Waals surface area contributed by atoms with Crippen LogP contribution in [0.5, 0.6) is 0 Å². The van der Waals surface area contributed by atoms with E-state index < -0.39 is 6.04 Å². The van der Waals surface area contributed by atoms with Gasteiger partial charge in [-0.05, 0) is 37.3 Å². The molecule has 1 atom stereocenters. The first kappa shape index (κ1) is 24.0. The number of rotatable bonds is 12. The summed E-state index contributed by atoms with van der Waals surface area (Å²) in [5.41, 5.74) is 3.61. The third-order valence-electron chi connectivity index (χ3n) is 5.03. The highest BCUT2D eigenvalue weighted by molar-refractivity contribution is 7.99. The largest absolute Gasteiger partial charge is 0.354 e. The zero-order valence-electron chi connectivity index (χ0n) is 18.4. The van der Waals surface area contributed by atoms with Crippen molar-refractivity contribution >= 4 is 23.6 Å². The van der Waals surface area contributed by atoms with E-state index in [1.165, 1.54) is 16.7 Å². The van der Waals surface area contributed by atoms with E-state index >= 15 is 0 Å². The van der Waals surface area contributed by atoms with Gasteiger partial charge in [0.05, 0.1) is 5.75 Å². The number of benzene rings is 2. The molecule has 0 heterocycles. The average Bonchev–Trinajstić information content (AvgIpc) is 2.77. The third-order valence-corrected chi connectivity index (χ3v) is 6.02. The number of aryl methyl sites for hydroxylation is 1. The molecule has 30 heavy (non-hydrogen) atoms. The number of thioether (sulfide) groups is 1. The monoisotopic (exact) mass is 426 g/mol. The molecule has 0 fully saturated rings. The van der Waals surface area contributed by atoms with E-state index in [0.29, 0.717) is 25.3 Å². The van der Waals surface area contributed by atoms with Gasteiger partial charge >= 0.3 is 0 Å². The van der Waals surface area contributed by atoms with Crippen LogP contribution >= 0.6 is 11.8 Å². The Bertz CT molecular complexity index is 777. The predicted octanol–water partition coefficient (Wildman–Crippen LogP) is 4.60. The fraction of sp³-hybridized carbons (Fsp3) is 0.440. The lowest BCUT2D eigenvalue weighted by molar-refractivity contribution is -0.138. The molecule has 2 rings (SSSR count). The molecule has 0 radical (unpaired) electrons. The van der Waals surface area contributed by atoms with Gasteiger partial charge in [0, 0.05) is 18.8 Å². The fourth-order valence-corrected chi connectivity index (χ4v) is 4.16. The molecule has 2 aromatic carbocycles. The van der Waals surface area contributed by atoms with Crippen LogP contribution in [0.2, 0.25) is 0 Å². The number of nitrogens with zero attached hydrogens (tertiary/aromatic N) is 1. The second-order valence-electron chi connectivity index (χ2n) is 7.52. The van der Waals surface area contributed by atoms with Crippen molar-refractivity contribution in [2.45, 2.75) is 51.8 Å². The van der Waals surface area contributed by atoms with E-state index in [-0.39, 0.29) is 11.8 Å². The van der Waals surface area contributed by atoms with Crippen molar-refractivity contribution in [1.29, 1.82) is 0 Å². The van der Waals surface area contributed by atoms with Gasteiger partial charge in [0.15, 0.2) is 0 Å². The minimum atomic E-state index is -0.423. The number of hydrogen-bond donors (Lipinski definition) is 1. The van der Waals surface area contributed by atoms with Gasteiger partial charge in [-0.3, -0.25) is 9.59 Å². The maximum Gasteiger partial charge on any atom is 0.242 e. The average molecular weight is 427 g/mol. The standard InChI is InChI=1S/C25H34N2O2S/c1-4-16-26-25(29)23(5-2)27(17-15-21-9-7-6-8-10-21)24(28)19-30-18-22-13-11-20(3)12-14-22/h6-14,23H,4-5,15-19H2,1-3H3,(H,26,29). The summed E-state index contributed by atoms with van der Waals surface area (Å²) in [7, 11) is 0. The van der Waals surface area contributed by atoms with E-state index in [0.717, 1.165) is 18.6 Å². The summed E-state index contributed by atoms with van der Waals surface area (Å²) in [6.07, 6.45) is 2.23. The number of nitrogens with one attached hydrogen (secondary N) is 1. The summed E-state index contributed by atoms with van der Waals surface area (Å²) in [6, 6.07) is 18.1. The fourth-order valence-electron chi connectivity index (χ4n) is 3.29. The van der Waals surface area contributed by atoms with E-state index in [4.69, 9.17) is 0 Å². The molecule has 162 valence electrons. The zero-order chi connectivity index (χ0) is 21.8. The highest BCUT2D eigenvalue weighted by Crippen LogP contribution is 2.16. The lowest BCUT2D eigenvalue weighted by Gasteiger charge is -2.30. The van der Waals surface area contributed by atoms with Gasteiger partial charge in [0.25, 0.3) is 0 Å². The van der Waals surface area contributed by atoms with Crippen LogP contribution in [0.4, 0.5) is 0 Å². The number of carbonyl (C=O) groups excluding carboxylic acids is 2. The van der Waals surface area contributed by atoms with Crippen LogP contribution in [0, 0.1) is 6.92 Å². The van der Waals surface area contributed by atoms with Crippen molar-refractivity contribution in [3.63, 3.8) is 0 Å². The van der Waals surface area contributed by atoms with Gasteiger partial charge in [-0.1, -0.05) is 74.0 Å². The summed E-state index contributed by atoms with van der Waals surface area (Å²) in [5.74, 6) is 1.14. The second-order valence-corrected chi connectivity index (χ2v) is 8.50. The quantitative estimate of drug-likeness (QED) is 0.539. The van der Waals surface area contributed by atoms with E-state index in [2.05, 4.69) is 48.6 Å². The molecular weight excluding hydrogens is 392 g/mol. The molecule has 0 bridgehead atoms. The first-order valence-corrected chi connectivity index (χ1v) is 11.9. The van der Waals surface area contributed by atoms with Gasteiger partial charge in [-0.25, -0.2) is 0 Å². The van der Waals surface area contributed by atoms with Crippen LogP contribution in [0.1, 0.15) is 43.4 Å². The van der Waals surface area contributed by atoms with Gasteiger partial charge in [0.2, 0.25) is 11.8 Å². The summed E-state index contributed by atoms with van der Waals surface area (Å²) in [5, 5.41) is 2.96. The number of hydrogen-bond acceptors (Lipinski definition) is 3. The highest BCUT2D eigenvalue weighted by atomic mass is 32.2. The highest BCUT2D eigenvalue weighted by Gasteiger charge is 2.27. The lowest BCUT2D eigenvalue weighted by Crippen LogP contribution is -2.50. The Labute approximate surface area is 185 Å². The Morgan fingerprint density at radius 2 is 1.70 bits per heavy atom. The molecule has 1 N–H and O–H groups in total. The van der Waals surface area contributed by atoms with E-state index in [1.54, 1.807) is 16.7 Å². The molecule has 0 saturated carbocycles. The van der Waals surface area contributed by atoms with E-state index in [9.17, 15) is 9.59 Å². The summed E-state index contributed by atoms with van der Waals surface area (Å²) >= 11 is 1.60. The maximum atomic E-state index is 13.1. The molecule has 0 spiro atoms. The zero-order valence-corrected chi connectivity index (χ0v) is 19.2. The smallest absolute Gasteiger partial charge is 0.242 e. The molecular formula is C25H34N2O2S. The lowest BCUT2D eigenvalue weighted by atomic mass is 10.1. The SMILES string of the molecule is CCCNC(=O)C(CC)N(CCc1ccccc1)C(=O)CSCc1ccc(C)cc1. The van der Waals surface area contributed by atoms with Crippen molar-refractivity contribution in [3.8, 4) is 0 Å². The van der Waals surface area contributed by atoms with Crippen molar-refractivity contribution < 1.29 is 9.59 Å². The molecule has 2 aromatic rings. The van der Waals surface area contributed by atoms with Gasteiger partial charge in [-0.2, -0.15) is 0 Å². The molecule has 0 aliphatic rings. The van der Waals surface area contributed by atoms with Gasteiger partial charge in [-0.15, -0.1) is 11.8 Å². The predicted molar refractivity (Wildman–Crippen MR) is 127 cm³/mol. The van der Waals surface area contributed by atoms with Crippen LogP contribution < -0.4 is 5.32 Å². The van der Waals surface area contributed by atoms with Crippen molar-refractivity contribution in [1.82, 2.24) is 10.2 Å².